The van der Waals surface area contributed by atoms with Gasteiger partial charge in [0, 0.05) is 12.7 Å². The molecule has 4 nitrogen and oxygen atoms in total. The average Bonchev–Trinajstić information content (AvgIpc) is 2.94. The van der Waals surface area contributed by atoms with Gasteiger partial charge in [0.05, 0.1) is 11.3 Å². The maximum Gasteiger partial charge on any atom is 0.260 e. The molecule has 2 aromatic rings. The number of aromatic nitrogens is 2. The lowest BCUT2D eigenvalue weighted by Gasteiger charge is -2.07. The molecule has 0 bridgehead atoms. The fourth-order valence-electron chi connectivity index (χ4n) is 2.73. The van der Waals surface area contributed by atoms with Gasteiger partial charge >= 0.3 is 0 Å². The van der Waals surface area contributed by atoms with Gasteiger partial charge in [-0.2, -0.15) is 5.10 Å². The van der Waals surface area contributed by atoms with Gasteiger partial charge in [-0.15, -0.1) is 0 Å². The first-order chi connectivity index (χ1) is 9.56. The molecular weight excluding hydrogens is 274 g/mol. The van der Waals surface area contributed by atoms with Crippen molar-refractivity contribution in [2.75, 3.05) is 5.32 Å². The number of nitrogens with zero attached hydrogens (tertiary/aromatic N) is 2. The zero-order chi connectivity index (χ0) is 14.3. The van der Waals surface area contributed by atoms with Gasteiger partial charge < -0.3 is 5.32 Å². The summed E-state index contributed by atoms with van der Waals surface area (Å²) >= 11 is 6.11. The molecule has 1 aliphatic carbocycles. The van der Waals surface area contributed by atoms with E-state index in [0.717, 1.165) is 18.5 Å². The summed E-state index contributed by atoms with van der Waals surface area (Å²) in [6, 6.07) is 6.09. The largest absolute Gasteiger partial charge is 0.322 e. The molecule has 1 aromatic heterocycles. The van der Waals surface area contributed by atoms with E-state index in [4.69, 9.17) is 11.6 Å². The molecule has 0 saturated heterocycles. The number of hydrogen-bond acceptors (Lipinski definition) is 2. The molecule has 1 N–H and O–H groups in total. The van der Waals surface area contributed by atoms with Crippen molar-refractivity contribution < 1.29 is 4.79 Å². The molecule has 0 unspecified atom stereocenters. The molecule has 3 rings (SSSR count). The van der Waals surface area contributed by atoms with E-state index in [9.17, 15) is 4.79 Å². The Morgan fingerprint density at radius 2 is 2.10 bits per heavy atom. The first-order valence-corrected chi connectivity index (χ1v) is 7.06. The van der Waals surface area contributed by atoms with E-state index >= 15 is 0 Å². The maximum atomic E-state index is 12.3. The molecule has 20 heavy (non-hydrogen) atoms. The number of fused-ring (bicyclic) bond motifs is 1. The number of rotatable bonds is 2. The van der Waals surface area contributed by atoms with Gasteiger partial charge in [0.15, 0.2) is 0 Å². The number of halogens is 1. The van der Waals surface area contributed by atoms with Crippen LogP contribution in [0.4, 0.5) is 5.69 Å². The SMILES string of the molecule is Cc1nn(C)c(Cl)c1C(=O)Nc1ccc2c(c1)CCC2. The third-order valence-corrected chi connectivity index (χ3v) is 4.17. The normalized spacial score (nSPS) is 13.3. The summed E-state index contributed by atoms with van der Waals surface area (Å²) in [5.41, 5.74) is 4.61. The summed E-state index contributed by atoms with van der Waals surface area (Å²) in [6.45, 7) is 1.78. The second-order valence-electron chi connectivity index (χ2n) is 5.17. The molecule has 0 saturated carbocycles. The standard InChI is InChI=1S/C15H16ClN3O/c1-9-13(14(16)19(2)18-9)15(20)17-12-7-6-10-4-3-5-11(10)8-12/h6-8H,3-5H2,1-2H3,(H,17,20). The van der Waals surface area contributed by atoms with Crippen molar-refractivity contribution in [2.45, 2.75) is 26.2 Å². The third-order valence-electron chi connectivity index (χ3n) is 3.74. The molecular formula is C15H16ClN3O. The summed E-state index contributed by atoms with van der Waals surface area (Å²) in [5, 5.41) is 7.42. The molecule has 104 valence electrons. The lowest BCUT2D eigenvalue weighted by molar-refractivity contribution is 0.102. The smallest absolute Gasteiger partial charge is 0.260 e. The Bertz CT molecular complexity index is 691. The molecule has 1 aromatic carbocycles. The Balaban J connectivity index is 1.86. The second-order valence-corrected chi connectivity index (χ2v) is 5.52. The van der Waals surface area contributed by atoms with Crippen LogP contribution in [0.25, 0.3) is 0 Å². The summed E-state index contributed by atoms with van der Waals surface area (Å²) in [5.74, 6) is -0.210. The van der Waals surface area contributed by atoms with E-state index in [2.05, 4.69) is 22.5 Å². The Hall–Kier alpha value is -1.81. The van der Waals surface area contributed by atoms with Crippen molar-refractivity contribution in [3.63, 3.8) is 0 Å². The zero-order valence-electron chi connectivity index (χ0n) is 11.5. The minimum Gasteiger partial charge on any atom is -0.322 e. The third kappa shape index (κ3) is 2.20. The van der Waals surface area contributed by atoms with Crippen molar-refractivity contribution in [1.29, 1.82) is 0 Å². The lowest BCUT2D eigenvalue weighted by Crippen LogP contribution is -2.13. The van der Waals surface area contributed by atoms with E-state index in [1.807, 2.05) is 6.07 Å². The predicted octanol–water partition coefficient (Wildman–Crippen LogP) is 3.12. The molecule has 0 fully saturated rings. The van der Waals surface area contributed by atoms with Gasteiger partial charge in [-0.3, -0.25) is 9.48 Å². The molecule has 0 spiro atoms. The van der Waals surface area contributed by atoms with Gasteiger partial charge in [0.2, 0.25) is 0 Å². The highest BCUT2D eigenvalue weighted by molar-refractivity contribution is 6.33. The van der Waals surface area contributed by atoms with Gasteiger partial charge in [-0.25, -0.2) is 0 Å². The predicted molar refractivity (Wildman–Crippen MR) is 79.4 cm³/mol. The van der Waals surface area contributed by atoms with E-state index in [1.165, 1.54) is 22.2 Å². The monoisotopic (exact) mass is 289 g/mol. The van der Waals surface area contributed by atoms with E-state index in [1.54, 1.807) is 14.0 Å². The first kappa shape index (κ1) is 13.2. The van der Waals surface area contributed by atoms with Crippen LogP contribution in [0.15, 0.2) is 18.2 Å². The molecule has 1 heterocycles. The lowest BCUT2D eigenvalue weighted by atomic mass is 10.1. The summed E-state index contributed by atoms with van der Waals surface area (Å²) in [7, 11) is 1.72. The maximum absolute atomic E-state index is 12.3. The number of anilines is 1. The van der Waals surface area contributed by atoms with E-state index in [0.29, 0.717) is 16.4 Å². The van der Waals surface area contributed by atoms with Crippen LogP contribution in [0.5, 0.6) is 0 Å². The van der Waals surface area contributed by atoms with Crippen LogP contribution in [-0.2, 0) is 19.9 Å². The summed E-state index contributed by atoms with van der Waals surface area (Å²) in [6.07, 6.45) is 3.42. The van der Waals surface area contributed by atoms with Crippen LogP contribution in [-0.4, -0.2) is 15.7 Å². The van der Waals surface area contributed by atoms with E-state index < -0.39 is 0 Å². The quantitative estimate of drug-likeness (QED) is 0.923. The van der Waals surface area contributed by atoms with Crippen LogP contribution in [0, 0.1) is 6.92 Å². The number of aryl methyl sites for hydroxylation is 4. The number of carbonyl (C=O) groups is 1. The highest BCUT2D eigenvalue weighted by Gasteiger charge is 2.19. The summed E-state index contributed by atoms with van der Waals surface area (Å²) in [4.78, 5) is 12.3. The van der Waals surface area contributed by atoms with Gasteiger partial charge in [-0.1, -0.05) is 17.7 Å². The second kappa shape index (κ2) is 4.94. The molecule has 1 aliphatic rings. The minimum absolute atomic E-state index is 0.210. The van der Waals surface area contributed by atoms with Crippen molar-refractivity contribution in [3.05, 3.63) is 45.7 Å². The Morgan fingerprint density at radius 1 is 1.35 bits per heavy atom. The highest BCUT2D eigenvalue weighted by atomic mass is 35.5. The molecule has 5 heteroatoms. The first-order valence-electron chi connectivity index (χ1n) is 6.68. The fraction of sp³-hybridized carbons (Fsp3) is 0.333. The van der Waals surface area contributed by atoms with Crippen molar-refractivity contribution in [3.8, 4) is 0 Å². The summed E-state index contributed by atoms with van der Waals surface area (Å²) < 4.78 is 1.51. The molecule has 1 amide bonds. The van der Waals surface area contributed by atoms with Crippen LogP contribution in [0.1, 0.15) is 33.6 Å². The molecule has 0 radical (unpaired) electrons. The van der Waals surface area contributed by atoms with Crippen LogP contribution in [0.2, 0.25) is 5.15 Å². The average molecular weight is 290 g/mol. The van der Waals surface area contributed by atoms with Crippen LogP contribution >= 0.6 is 11.6 Å². The van der Waals surface area contributed by atoms with Gasteiger partial charge in [0.25, 0.3) is 5.91 Å². The molecule has 0 atom stereocenters. The fourth-order valence-corrected chi connectivity index (χ4v) is 2.99. The zero-order valence-corrected chi connectivity index (χ0v) is 12.3. The Labute approximate surface area is 122 Å². The number of benzene rings is 1. The number of amides is 1. The van der Waals surface area contributed by atoms with Crippen molar-refractivity contribution >= 4 is 23.2 Å². The van der Waals surface area contributed by atoms with Crippen LogP contribution in [0.3, 0.4) is 0 Å². The topological polar surface area (TPSA) is 46.9 Å². The Kier molecular flexibility index (Phi) is 3.26. The molecule has 0 aliphatic heterocycles. The minimum atomic E-state index is -0.210. The Morgan fingerprint density at radius 3 is 2.80 bits per heavy atom. The number of nitrogens with one attached hydrogen (secondary N) is 1. The van der Waals surface area contributed by atoms with Gasteiger partial charge in [0.1, 0.15) is 5.15 Å². The van der Waals surface area contributed by atoms with E-state index in [-0.39, 0.29) is 5.91 Å². The number of hydrogen-bond donors (Lipinski definition) is 1. The highest BCUT2D eigenvalue weighted by Crippen LogP contribution is 2.26. The van der Waals surface area contributed by atoms with Crippen LogP contribution < -0.4 is 5.32 Å². The van der Waals surface area contributed by atoms with Gasteiger partial charge in [-0.05, 0) is 49.4 Å². The van der Waals surface area contributed by atoms with Crippen molar-refractivity contribution in [2.24, 2.45) is 7.05 Å². The van der Waals surface area contributed by atoms with Crippen molar-refractivity contribution in [1.82, 2.24) is 9.78 Å². The number of carbonyl (C=O) groups excluding carboxylic acids is 1.